The fraction of sp³-hybridized carbons (Fsp3) is 0.900. The van der Waals surface area contributed by atoms with E-state index < -0.39 is 8.46 Å². The second-order valence-electron chi connectivity index (χ2n) is 4.46. The van der Waals surface area contributed by atoms with E-state index in [1.54, 1.807) is 0 Å². The molecule has 0 aromatic carbocycles. The van der Waals surface area contributed by atoms with Gasteiger partial charge in [0.25, 0.3) is 0 Å². The highest BCUT2D eigenvalue weighted by molar-refractivity contribution is 7.25. The Morgan fingerprint density at radius 1 is 1.14 bits per heavy atom. The van der Waals surface area contributed by atoms with Crippen LogP contribution in [-0.2, 0) is 9.36 Å². The minimum atomic E-state index is -0.951. The number of rotatable bonds is 6. The summed E-state index contributed by atoms with van der Waals surface area (Å²) in [5, 5.41) is 0. The first-order valence-electron chi connectivity index (χ1n) is 5.18. The van der Waals surface area contributed by atoms with Crippen LogP contribution in [0.5, 0.6) is 0 Å². The number of hydrogen-bond acceptors (Lipinski definition) is 2. The summed E-state index contributed by atoms with van der Waals surface area (Å²) in [6, 6.07) is 0. The molecule has 0 saturated heterocycles. The maximum Gasteiger partial charge on any atom is 0.229 e. The third-order valence-electron chi connectivity index (χ3n) is 1.78. The Bertz CT molecular complexity index is 183. The standard InChI is InChI=1S/C10H22NO2P/c1-8(2)5-11(6-9(3)4)10(12)7-14-13/h8-9H,5-7,14H2,1-4H3. The van der Waals surface area contributed by atoms with Gasteiger partial charge in [-0.25, -0.2) is 0 Å². The lowest BCUT2D eigenvalue weighted by Crippen LogP contribution is -2.37. The third kappa shape index (κ3) is 6.20. The molecule has 1 unspecified atom stereocenters. The van der Waals surface area contributed by atoms with E-state index >= 15 is 0 Å². The first kappa shape index (κ1) is 13.7. The van der Waals surface area contributed by atoms with Crippen molar-refractivity contribution in [2.75, 3.05) is 19.3 Å². The van der Waals surface area contributed by atoms with Gasteiger partial charge in [0, 0.05) is 13.1 Å². The molecule has 0 heterocycles. The zero-order chi connectivity index (χ0) is 11.1. The summed E-state index contributed by atoms with van der Waals surface area (Å²) >= 11 is 0. The SMILES string of the molecule is CC(C)CN(CC(C)C)C(=O)C[PH2]=O. The largest absolute Gasteiger partial charge is 0.342 e. The maximum atomic E-state index is 11.6. The van der Waals surface area contributed by atoms with E-state index in [-0.39, 0.29) is 12.1 Å². The molecule has 0 fully saturated rings. The summed E-state index contributed by atoms with van der Waals surface area (Å²) < 4.78 is 10.5. The minimum absolute atomic E-state index is 0.0393. The molecule has 3 nitrogen and oxygen atoms in total. The molecule has 0 spiro atoms. The Labute approximate surface area is 88.1 Å². The van der Waals surface area contributed by atoms with Crippen LogP contribution in [-0.4, -0.2) is 30.1 Å². The van der Waals surface area contributed by atoms with Gasteiger partial charge in [0.1, 0.15) is 0 Å². The second-order valence-corrected chi connectivity index (χ2v) is 5.20. The zero-order valence-corrected chi connectivity index (χ0v) is 10.8. The van der Waals surface area contributed by atoms with Crippen molar-refractivity contribution in [1.29, 1.82) is 0 Å². The molecular formula is C10H22NO2P. The van der Waals surface area contributed by atoms with Crippen LogP contribution in [0.1, 0.15) is 27.7 Å². The van der Waals surface area contributed by atoms with E-state index in [0.717, 1.165) is 13.1 Å². The minimum Gasteiger partial charge on any atom is -0.342 e. The number of carbonyl (C=O) groups excluding carboxylic acids is 1. The van der Waals surface area contributed by atoms with Crippen LogP contribution >= 0.6 is 8.46 Å². The van der Waals surface area contributed by atoms with Crippen LogP contribution in [0.2, 0.25) is 0 Å². The molecule has 0 aromatic heterocycles. The summed E-state index contributed by atoms with van der Waals surface area (Å²) in [7, 11) is -0.951. The Morgan fingerprint density at radius 2 is 1.57 bits per heavy atom. The lowest BCUT2D eigenvalue weighted by atomic mass is 10.1. The summed E-state index contributed by atoms with van der Waals surface area (Å²) in [5.41, 5.74) is 0. The topological polar surface area (TPSA) is 37.4 Å². The first-order valence-corrected chi connectivity index (χ1v) is 6.47. The van der Waals surface area contributed by atoms with Crippen LogP contribution in [0.15, 0.2) is 0 Å². The van der Waals surface area contributed by atoms with Crippen LogP contribution in [0.3, 0.4) is 0 Å². The Balaban J connectivity index is 4.22. The second kappa shape index (κ2) is 7.05. The van der Waals surface area contributed by atoms with Gasteiger partial charge in [-0.15, -0.1) is 0 Å². The maximum absolute atomic E-state index is 11.6. The average molecular weight is 219 g/mol. The molecule has 14 heavy (non-hydrogen) atoms. The Kier molecular flexibility index (Phi) is 6.90. The van der Waals surface area contributed by atoms with Crippen molar-refractivity contribution in [3.63, 3.8) is 0 Å². The lowest BCUT2D eigenvalue weighted by Gasteiger charge is -2.25. The normalized spacial score (nSPS) is 11.9. The van der Waals surface area contributed by atoms with Crippen molar-refractivity contribution in [1.82, 2.24) is 4.90 Å². The molecule has 1 amide bonds. The van der Waals surface area contributed by atoms with Gasteiger partial charge in [-0.05, 0) is 11.8 Å². The van der Waals surface area contributed by atoms with Gasteiger partial charge in [0.15, 0.2) is 0 Å². The molecule has 0 aliphatic carbocycles. The average Bonchev–Trinajstić information content (AvgIpc) is 2.01. The number of nitrogens with zero attached hydrogens (tertiary/aromatic N) is 1. The van der Waals surface area contributed by atoms with Crippen molar-refractivity contribution in [2.24, 2.45) is 11.8 Å². The van der Waals surface area contributed by atoms with Crippen LogP contribution in [0, 0.1) is 11.8 Å². The fourth-order valence-electron chi connectivity index (χ4n) is 1.36. The summed E-state index contributed by atoms with van der Waals surface area (Å²) in [6.45, 7) is 9.90. The van der Waals surface area contributed by atoms with Crippen molar-refractivity contribution in [3.8, 4) is 0 Å². The van der Waals surface area contributed by atoms with Crippen LogP contribution in [0.25, 0.3) is 0 Å². The van der Waals surface area contributed by atoms with E-state index in [1.165, 1.54) is 0 Å². The van der Waals surface area contributed by atoms with Gasteiger partial charge in [-0.2, -0.15) is 0 Å². The molecule has 0 radical (unpaired) electrons. The molecular weight excluding hydrogens is 197 g/mol. The molecule has 0 bridgehead atoms. The Morgan fingerprint density at radius 3 is 1.86 bits per heavy atom. The predicted octanol–water partition coefficient (Wildman–Crippen LogP) is 1.88. The highest BCUT2D eigenvalue weighted by Gasteiger charge is 2.14. The van der Waals surface area contributed by atoms with Gasteiger partial charge in [0.2, 0.25) is 5.91 Å². The van der Waals surface area contributed by atoms with Crippen molar-refractivity contribution < 1.29 is 9.36 Å². The molecule has 84 valence electrons. The molecule has 0 rings (SSSR count). The van der Waals surface area contributed by atoms with E-state index in [0.29, 0.717) is 11.8 Å². The smallest absolute Gasteiger partial charge is 0.229 e. The summed E-state index contributed by atoms with van der Waals surface area (Å²) in [4.78, 5) is 13.4. The number of carbonyl (C=O) groups is 1. The predicted molar refractivity (Wildman–Crippen MR) is 61.5 cm³/mol. The monoisotopic (exact) mass is 219 g/mol. The molecule has 0 N–H and O–H groups in total. The third-order valence-corrected chi connectivity index (χ3v) is 2.30. The van der Waals surface area contributed by atoms with Crippen LogP contribution < -0.4 is 0 Å². The molecule has 0 aliphatic heterocycles. The fourth-order valence-corrected chi connectivity index (χ4v) is 1.76. The van der Waals surface area contributed by atoms with E-state index in [2.05, 4.69) is 27.7 Å². The van der Waals surface area contributed by atoms with E-state index in [9.17, 15) is 9.36 Å². The Hall–Kier alpha value is -0.300. The number of amides is 1. The highest BCUT2D eigenvalue weighted by Crippen LogP contribution is 2.06. The molecule has 1 atom stereocenters. The van der Waals surface area contributed by atoms with Gasteiger partial charge < -0.3 is 9.46 Å². The lowest BCUT2D eigenvalue weighted by molar-refractivity contribution is -0.129. The van der Waals surface area contributed by atoms with Gasteiger partial charge >= 0.3 is 0 Å². The summed E-state index contributed by atoms with van der Waals surface area (Å²) in [6.07, 6.45) is 0.222. The highest BCUT2D eigenvalue weighted by atomic mass is 31.1. The number of hydrogen-bond donors (Lipinski definition) is 0. The quantitative estimate of drug-likeness (QED) is 0.640. The van der Waals surface area contributed by atoms with Gasteiger partial charge in [-0.3, -0.25) is 4.79 Å². The summed E-state index contributed by atoms with van der Waals surface area (Å²) in [5.74, 6) is 0.983. The molecule has 0 aliphatic rings. The van der Waals surface area contributed by atoms with Crippen LogP contribution in [0.4, 0.5) is 0 Å². The van der Waals surface area contributed by atoms with Gasteiger partial charge in [0.05, 0.1) is 14.6 Å². The molecule has 0 aromatic rings. The van der Waals surface area contributed by atoms with Gasteiger partial charge in [-0.1, -0.05) is 27.7 Å². The first-order chi connectivity index (χ1) is 6.47. The molecule has 0 saturated carbocycles. The van der Waals surface area contributed by atoms with E-state index in [4.69, 9.17) is 0 Å². The zero-order valence-electron chi connectivity index (χ0n) is 9.62. The van der Waals surface area contributed by atoms with E-state index in [1.807, 2.05) is 4.90 Å². The van der Waals surface area contributed by atoms with Crippen molar-refractivity contribution >= 4 is 14.4 Å². The molecule has 4 heteroatoms. The van der Waals surface area contributed by atoms with Crippen molar-refractivity contribution in [3.05, 3.63) is 0 Å². The van der Waals surface area contributed by atoms with Crippen molar-refractivity contribution in [2.45, 2.75) is 27.7 Å².